The molecule has 0 saturated heterocycles. The Morgan fingerprint density at radius 3 is 2.59 bits per heavy atom. The van der Waals surface area contributed by atoms with Gasteiger partial charge in [0.05, 0.1) is 11.8 Å². The average molecular weight is 307 g/mol. The molecule has 1 aliphatic rings. The molecule has 1 aromatic heterocycles. The molecule has 22 heavy (non-hydrogen) atoms. The first kappa shape index (κ1) is 14.1. The number of hydrogen-bond acceptors (Lipinski definition) is 6. The summed E-state index contributed by atoms with van der Waals surface area (Å²) in [6.07, 6.45) is 0. The van der Waals surface area contributed by atoms with Crippen LogP contribution in [0.1, 0.15) is 11.1 Å². The van der Waals surface area contributed by atoms with E-state index in [1.165, 1.54) is 0 Å². The van der Waals surface area contributed by atoms with Gasteiger partial charge in [0, 0.05) is 5.56 Å². The number of nitrogens with one attached hydrogen (secondary N) is 1. The molecule has 1 aliphatic heterocycles. The second-order valence-corrected chi connectivity index (χ2v) is 5.82. The topological polar surface area (TPSA) is 106 Å². The van der Waals surface area contributed by atoms with Crippen LogP contribution in [-0.2, 0) is 0 Å². The molecular formula is C15H9N5OS. The van der Waals surface area contributed by atoms with Crippen LogP contribution in [0.4, 0.5) is 0 Å². The van der Waals surface area contributed by atoms with E-state index < -0.39 is 10.8 Å². The molecule has 0 spiro atoms. The molecule has 0 aliphatic carbocycles. The highest BCUT2D eigenvalue weighted by atomic mass is 32.2. The fourth-order valence-corrected chi connectivity index (χ4v) is 3.09. The van der Waals surface area contributed by atoms with Crippen molar-refractivity contribution in [1.29, 1.82) is 15.9 Å². The van der Waals surface area contributed by atoms with Crippen molar-refractivity contribution in [3.05, 3.63) is 45.7 Å². The molecule has 1 unspecified atom stereocenters. The highest BCUT2D eigenvalue weighted by Crippen LogP contribution is 2.31. The molecule has 0 bridgehead atoms. The molecule has 1 N–H and O–H groups in total. The molecule has 1 atom stereocenters. The second-order valence-electron chi connectivity index (χ2n) is 4.75. The van der Waals surface area contributed by atoms with Gasteiger partial charge < -0.3 is 0 Å². The van der Waals surface area contributed by atoms with Gasteiger partial charge in [0.25, 0.3) is 5.56 Å². The zero-order valence-corrected chi connectivity index (χ0v) is 12.3. The maximum Gasteiger partial charge on any atom is 0.278 e. The number of fused-ring (bicyclic) bond motifs is 1. The van der Waals surface area contributed by atoms with Crippen LogP contribution < -0.4 is 5.56 Å². The van der Waals surface area contributed by atoms with E-state index in [2.05, 4.69) is 4.98 Å². The quantitative estimate of drug-likeness (QED) is 0.810. The Balaban J connectivity index is 2.28. The van der Waals surface area contributed by atoms with Gasteiger partial charge in [-0.2, -0.15) is 10.5 Å². The third-order valence-corrected chi connectivity index (χ3v) is 4.37. The van der Waals surface area contributed by atoms with Crippen molar-refractivity contribution in [2.75, 3.05) is 0 Å². The van der Waals surface area contributed by atoms with Crippen molar-refractivity contribution < 1.29 is 0 Å². The molecule has 6 nitrogen and oxygen atoms in total. The predicted octanol–water partition coefficient (Wildman–Crippen LogP) is 1.91. The molecular weight excluding hydrogens is 298 g/mol. The summed E-state index contributed by atoms with van der Waals surface area (Å²) in [7, 11) is 0. The number of rotatable bonds is 1. The van der Waals surface area contributed by atoms with E-state index >= 15 is 0 Å². The van der Waals surface area contributed by atoms with Crippen molar-refractivity contribution in [2.24, 2.45) is 0 Å². The highest BCUT2D eigenvalue weighted by Gasteiger charge is 2.32. The number of thioether (sulfide) groups is 1. The van der Waals surface area contributed by atoms with Crippen molar-refractivity contribution in [3.8, 4) is 23.4 Å². The number of nitrogens with zero attached hydrogens (tertiary/aromatic N) is 4. The Morgan fingerprint density at radius 1 is 1.32 bits per heavy atom. The monoisotopic (exact) mass is 307 g/mol. The van der Waals surface area contributed by atoms with Gasteiger partial charge >= 0.3 is 0 Å². The largest absolute Gasteiger partial charge is 0.286 e. The summed E-state index contributed by atoms with van der Waals surface area (Å²) >= 11 is 1.05. The number of hydrogen-bond donors (Lipinski definition) is 1. The number of nitriles is 2. The molecule has 0 radical (unpaired) electrons. The van der Waals surface area contributed by atoms with Gasteiger partial charge in [0.2, 0.25) is 0 Å². The van der Waals surface area contributed by atoms with Crippen molar-refractivity contribution >= 4 is 17.6 Å². The first-order valence-corrected chi connectivity index (χ1v) is 7.24. The van der Waals surface area contributed by atoms with Crippen molar-refractivity contribution in [3.63, 3.8) is 0 Å². The van der Waals surface area contributed by atoms with Crippen LogP contribution in [0.25, 0.3) is 11.3 Å². The minimum Gasteiger partial charge on any atom is -0.286 e. The van der Waals surface area contributed by atoms with Crippen LogP contribution in [0.5, 0.6) is 0 Å². The van der Waals surface area contributed by atoms with Crippen LogP contribution in [0, 0.1) is 35.0 Å². The zero-order valence-electron chi connectivity index (χ0n) is 11.5. The summed E-state index contributed by atoms with van der Waals surface area (Å²) in [6, 6.07) is 11.2. The van der Waals surface area contributed by atoms with E-state index in [1.54, 1.807) is 12.1 Å². The summed E-state index contributed by atoms with van der Waals surface area (Å²) < 4.78 is 1.04. The van der Waals surface area contributed by atoms with Gasteiger partial charge in [0.15, 0.2) is 10.4 Å². The molecule has 0 amide bonds. The Morgan fingerprint density at radius 2 is 2.00 bits per heavy atom. The zero-order chi connectivity index (χ0) is 15.9. The van der Waals surface area contributed by atoms with Crippen molar-refractivity contribution in [1.82, 2.24) is 9.55 Å². The van der Waals surface area contributed by atoms with Crippen LogP contribution >= 0.6 is 11.8 Å². The van der Waals surface area contributed by atoms with Gasteiger partial charge in [-0.1, -0.05) is 41.6 Å². The first-order valence-electron chi connectivity index (χ1n) is 6.36. The van der Waals surface area contributed by atoms with E-state index in [1.807, 2.05) is 31.2 Å². The van der Waals surface area contributed by atoms with Gasteiger partial charge in [-0.05, 0) is 6.92 Å². The molecule has 2 heterocycles. The van der Waals surface area contributed by atoms with Gasteiger partial charge in [-0.15, -0.1) is 0 Å². The number of benzene rings is 1. The van der Waals surface area contributed by atoms with Gasteiger partial charge in [-0.25, -0.2) is 9.55 Å². The molecule has 1 aromatic carbocycles. The Hall–Kier alpha value is -2.90. The maximum atomic E-state index is 12.5. The minimum absolute atomic E-state index is 0.114. The normalized spacial score (nSPS) is 16.0. The lowest BCUT2D eigenvalue weighted by molar-refractivity contribution is 0.840. The lowest BCUT2D eigenvalue weighted by Gasteiger charge is -2.07. The maximum absolute atomic E-state index is 12.5. The smallest absolute Gasteiger partial charge is 0.278 e. The van der Waals surface area contributed by atoms with E-state index in [0.717, 1.165) is 21.9 Å². The Kier molecular flexibility index (Phi) is 3.28. The number of aryl methyl sites for hydroxylation is 1. The summed E-state index contributed by atoms with van der Waals surface area (Å²) in [6.45, 7) is 1.94. The van der Waals surface area contributed by atoms with Crippen LogP contribution in [0.3, 0.4) is 0 Å². The van der Waals surface area contributed by atoms with Crippen LogP contribution in [0.15, 0.2) is 34.2 Å². The average Bonchev–Trinajstić information content (AvgIpc) is 2.84. The summed E-state index contributed by atoms with van der Waals surface area (Å²) in [5.74, 6) is -0.146. The summed E-state index contributed by atoms with van der Waals surface area (Å²) in [5.41, 5.74) is 1.29. The first-order chi connectivity index (χ1) is 10.6. The lowest BCUT2D eigenvalue weighted by Crippen LogP contribution is -2.31. The molecule has 2 aromatic rings. The molecule has 0 saturated carbocycles. The third kappa shape index (κ3) is 2.00. The van der Waals surface area contributed by atoms with Crippen LogP contribution in [-0.4, -0.2) is 20.6 Å². The molecule has 3 rings (SSSR count). The lowest BCUT2D eigenvalue weighted by atomic mass is 10.1. The Labute approximate surface area is 130 Å². The van der Waals surface area contributed by atoms with E-state index in [0.29, 0.717) is 5.56 Å². The van der Waals surface area contributed by atoms with Gasteiger partial charge in [0.1, 0.15) is 17.5 Å². The fraction of sp³-hybridized carbons (Fsp3) is 0.133. The van der Waals surface area contributed by atoms with Gasteiger partial charge in [-0.3, -0.25) is 10.2 Å². The molecule has 0 fully saturated rings. The summed E-state index contributed by atoms with van der Waals surface area (Å²) in [5, 5.41) is 25.7. The van der Waals surface area contributed by atoms with E-state index in [4.69, 9.17) is 10.7 Å². The highest BCUT2D eigenvalue weighted by molar-refractivity contribution is 8.01. The predicted molar refractivity (Wildman–Crippen MR) is 81.8 cm³/mol. The minimum atomic E-state index is -0.778. The standard InChI is InChI=1S/C15H9N5OS/c1-8-2-4-9(5-3-8)12-10(6-16)14(21)20-13(18)11(7-17)22-15(20)19-12/h2-5,11,18H,1H3. The van der Waals surface area contributed by atoms with Crippen LogP contribution in [0.2, 0.25) is 0 Å². The third-order valence-electron chi connectivity index (χ3n) is 3.32. The second kappa shape index (κ2) is 5.14. The SMILES string of the molecule is Cc1ccc(-c2nc3n(c(=O)c2C#N)C(=N)C(C#N)S3)cc1. The number of aromatic nitrogens is 2. The summed E-state index contributed by atoms with van der Waals surface area (Å²) in [4.78, 5) is 16.8. The van der Waals surface area contributed by atoms with Crippen molar-refractivity contribution in [2.45, 2.75) is 17.3 Å². The fourth-order valence-electron chi connectivity index (χ4n) is 2.18. The molecule has 106 valence electrons. The Bertz CT molecular complexity index is 931. The van der Waals surface area contributed by atoms with E-state index in [9.17, 15) is 10.1 Å². The molecule has 7 heteroatoms. The van der Waals surface area contributed by atoms with E-state index in [-0.39, 0.29) is 22.2 Å².